The van der Waals surface area contributed by atoms with Crippen molar-refractivity contribution in [2.24, 2.45) is 0 Å². The first-order valence-corrected chi connectivity index (χ1v) is 8.48. The predicted octanol–water partition coefficient (Wildman–Crippen LogP) is 2.07. The van der Waals surface area contributed by atoms with E-state index >= 15 is 0 Å². The minimum Gasteiger partial charge on any atom is -0.350 e. The summed E-state index contributed by atoms with van der Waals surface area (Å²) in [5, 5.41) is 2.62. The van der Waals surface area contributed by atoms with E-state index in [1.165, 1.54) is 24.3 Å². The molecule has 1 aromatic rings. The minimum absolute atomic E-state index is 0.101. The van der Waals surface area contributed by atoms with E-state index in [9.17, 15) is 14.0 Å². The summed E-state index contributed by atoms with van der Waals surface area (Å²) in [5.74, 6) is -0.727. The Kier molecular flexibility index (Phi) is 7.31. The number of carbonyl (C=O) groups excluding carboxylic acids is 2. The Morgan fingerprint density at radius 3 is 2.65 bits per heavy atom. The van der Waals surface area contributed by atoms with Crippen molar-refractivity contribution in [2.45, 2.75) is 25.6 Å². The number of hydroxylamine groups is 1. The highest BCUT2D eigenvalue weighted by Gasteiger charge is 2.15. The highest BCUT2D eigenvalue weighted by molar-refractivity contribution is 8.00. The molecule has 6 nitrogen and oxygen atoms in total. The van der Waals surface area contributed by atoms with Gasteiger partial charge < -0.3 is 10.1 Å². The van der Waals surface area contributed by atoms with Gasteiger partial charge in [0.15, 0.2) is 6.29 Å². The molecule has 0 bridgehead atoms. The van der Waals surface area contributed by atoms with Crippen LogP contribution in [0.3, 0.4) is 0 Å². The van der Waals surface area contributed by atoms with E-state index in [2.05, 4.69) is 10.8 Å². The van der Waals surface area contributed by atoms with E-state index in [-0.39, 0.29) is 35.4 Å². The highest BCUT2D eigenvalue weighted by atomic mass is 32.2. The van der Waals surface area contributed by atoms with Crippen LogP contribution in [-0.2, 0) is 19.2 Å². The van der Waals surface area contributed by atoms with Crippen molar-refractivity contribution in [1.29, 1.82) is 0 Å². The van der Waals surface area contributed by atoms with Crippen molar-refractivity contribution in [1.82, 2.24) is 5.48 Å². The number of benzene rings is 1. The second-order valence-electron chi connectivity index (χ2n) is 4.99. The van der Waals surface area contributed by atoms with E-state index in [1.54, 1.807) is 0 Å². The van der Waals surface area contributed by atoms with Crippen LogP contribution in [0.5, 0.6) is 0 Å². The Morgan fingerprint density at radius 2 is 1.96 bits per heavy atom. The van der Waals surface area contributed by atoms with Gasteiger partial charge in [0.25, 0.3) is 5.91 Å². The van der Waals surface area contributed by atoms with Gasteiger partial charge in [-0.25, -0.2) is 14.7 Å². The normalized spacial score (nSPS) is 17.5. The Morgan fingerprint density at radius 1 is 1.22 bits per heavy atom. The average Bonchev–Trinajstić information content (AvgIpc) is 2.56. The molecule has 0 spiro atoms. The van der Waals surface area contributed by atoms with E-state index in [0.717, 1.165) is 31.0 Å². The van der Waals surface area contributed by atoms with Crippen LogP contribution in [0, 0.1) is 5.82 Å². The van der Waals surface area contributed by atoms with Crippen molar-refractivity contribution < 1.29 is 23.6 Å². The van der Waals surface area contributed by atoms with E-state index in [4.69, 9.17) is 9.57 Å². The monoisotopic (exact) mass is 342 g/mol. The Hall–Kier alpha value is -1.64. The molecule has 1 aliphatic rings. The quantitative estimate of drug-likeness (QED) is 0.742. The summed E-state index contributed by atoms with van der Waals surface area (Å²) in [6.45, 7) is 0.638. The molecule has 1 unspecified atom stereocenters. The fourth-order valence-electron chi connectivity index (χ4n) is 1.93. The fraction of sp³-hybridized carbons (Fsp3) is 0.467. The molecule has 2 rings (SSSR count). The molecule has 1 aromatic carbocycles. The smallest absolute Gasteiger partial charge is 0.253 e. The van der Waals surface area contributed by atoms with E-state index in [1.807, 2.05) is 0 Å². The summed E-state index contributed by atoms with van der Waals surface area (Å²) in [5.41, 5.74) is 2.84. The molecule has 0 radical (unpaired) electrons. The van der Waals surface area contributed by atoms with Gasteiger partial charge in [-0.15, -0.1) is 11.8 Å². The number of halogens is 1. The lowest BCUT2D eigenvalue weighted by Gasteiger charge is -2.22. The third-order valence-corrected chi connectivity index (χ3v) is 3.97. The number of ether oxygens (including phenoxy) is 1. The lowest BCUT2D eigenvalue weighted by Crippen LogP contribution is -2.34. The van der Waals surface area contributed by atoms with Crippen LogP contribution < -0.4 is 10.8 Å². The highest BCUT2D eigenvalue weighted by Crippen LogP contribution is 2.13. The third kappa shape index (κ3) is 6.98. The van der Waals surface area contributed by atoms with Crippen LogP contribution in [-0.4, -0.2) is 36.2 Å². The number of carbonyl (C=O) groups is 2. The number of hydrogen-bond donors (Lipinski definition) is 2. The standard InChI is InChI=1S/C15H19FN2O4S/c16-11-4-6-12(7-5-11)17-13(19)9-23-10-14(20)18-22-15-3-1-2-8-21-15/h4-7,15H,1-3,8-10H2,(H,17,19)(H,18,20). The Labute approximate surface area is 138 Å². The number of hydrogen-bond acceptors (Lipinski definition) is 5. The molecule has 1 aliphatic heterocycles. The maximum Gasteiger partial charge on any atom is 0.253 e. The second-order valence-corrected chi connectivity index (χ2v) is 5.97. The molecule has 0 saturated carbocycles. The molecular weight excluding hydrogens is 323 g/mol. The molecule has 8 heteroatoms. The first-order chi connectivity index (χ1) is 11.1. The molecule has 2 N–H and O–H groups in total. The fourth-order valence-corrected chi connectivity index (χ4v) is 2.54. The van der Waals surface area contributed by atoms with Crippen molar-refractivity contribution in [3.05, 3.63) is 30.1 Å². The molecule has 1 saturated heterocycles. The van der Waals surface area contributed by atoms with Crippen LogP contribution in [0.1, 0.15) is 19.3 Å². The molecule has 1 heterocycles. The summed E-state index contributed by atoms with van der Waals surface area (Å²) in [6, 6.07) is 5.48. The SMILES string of the molecule is O=C(CSCC(=O)Nc1ccc(F)cc1)NOC1CCCCO1. The zero-order valence-electron chi connectivity index (χ0n) is 12.5. The van der Waals surface area contributed by atoms with Crippen molar-refractivity contribution >= 4 is 29.3 Å². The van der Waals surface area contributed by atoms with Gasteiger partial charge in [0.2, 0.25) is 5.91 Å². The molecule has 0 aromatic heterocycles. The zero-order valence-corrected chi connectivity index (χ0v) is 13.4. The maximum atomic E-state index is 12.7. The van der Waals surface area contributed by atoms with Crippen molar-refractivity contribution in [3.63, 3.8) is 0 Å². The molecule has 23 heavy (non-hydrogen) atoms. The summed E-state index contributed by atoms with van der Waals surface area (Å²) in [7, 11) is 0. The van der Waals surface area contributed by atoms with Gasteiger partial charge in [0.1, 0.15) is 5.82 Å². The first-order valence-electron chi connectivity index (χ1n) is 7.33. The predicted molar refractivity (Wildman–Crippen MR) is 85.2 cm³/mol. The van der Waals surface area contributed by atoms with E-state index in [0.29, 0.717) is 12.3 Å². The summed E-state index contributed by atoms with van der Waals surface area (Å²) < 4.78 is 18.1. The van der Waals surface area contributed by atoms with Crippen LogP contribution >= 0.6 is 11.8 Å². The van der Waals surface area contributed by atoms with Gasteiger partial charge in [0, 0.05) is 18.7 Å². The Bertz CT molecular complexity index is 521. The Balaban J connectivity index is 1.57. The van der Waals surface area contributed by atoms with Gasteiger partial charge in [-0.2, -0.15) is 0 Å². The van der Waals surface area contributed by atoms with Gasteiger partial charge >= 0.3 is 0 Å². The minimum atomic E-state index is -0.389. The lowest BCUT2D eigenvalue weighted by molar-refractivity contribution is -0.199. The van der Waals surface area contributed by atoms with Crippen molar-refractivity contribution in [2.75, 3.05) is 23.4 Å². The number of nitrogens with one attached hydrogen (secondary N) is 2. The van der Waals surface area contributed by atoms with E-state index < -0.39 is 0 Å². The van der Waals surface area contributed by atoms with Crippen LogP contribution in [0.25, 0.3) is 0 Å². The number of anilines is 1. The second kappa shape index (κ2) is 9.49. The van der Waals surface area contributed by atoms with Gasteiger partial charge in [-0.3, -0.25) is 9.59 Å². The van der Waals surface area contributed by atoms with Crippen LogP contribution in [0.2, 0.25) is 0 Å². The lowest BCUT2D eigenvalue weighted by atomic mass is 10.2. The molecule has 126 valence electrons. The zero-order chi connectivity index (χ0) is 16.5. The first kappa shape index (κ1) is 17.7. The molecule has 1 fully saturated rings. The van der Waals surface area contributed by atoms with Gasteiger partial charge in [-0.05, 0) is 37.1 Å². The largest absolute Gasteiger partial charge is 0.350 e. The maximum absolute atomic E-state index is 12.7. The molecule has 1 atom stereocenters. The van der Waals surface area contributed by atoms with Crippen molar-refractivity contribution in [3.8, 4) is 0 Å². The average molecular weight is 342 g/mol. The van der Waals surface area contributed by atoms with Crippen LogP contribution in [0.4, 0.5) is 10.1 Å². The summed E-state index contributed by atoms with van der Waals surface area (Å²) >= 11 is 1.16. The van der Waals surface area contributed by atoms with Gasteiger partial charge in [-0.1, -0.05) is 0 Å². The number of thioether (sulfide) groups is 1. The molecule has 2 amide bonds. The number of rotatable bonds is 7. The summed E-state index contributed by atoms with van der Waals surface area (Å²) in [6.07, 6.45) is 2.39. The molecule has 0 aliphatic carbocycles. The third-order valence-electron chi connectivity index (χ3n) is 3.04. The van der Waals surface area contributed by atoms with Gasteiger partial charge in [0.05, 0.1) is 11.5 Å². The topological polar surface area (TPSA) is 76.7 Å². The van der Waals surface area contributed by atoms with Crippen LogP contribution in [0.15, 0.2) is 24.3 Å². The number of amides is 2. The summed E-state index contributed by atoms with van der Waals surface area (Å²) in [4.78, 5) is 28.4. The molecular formula is C15H19FN2O4S.